The van der Waals surface area contributed by atoms with Gasteiger partial charge in [0.25, 0.3) is 0 Å². The summed E-state index contributed by atoms with van der Waals surface area (Å²) in [7, 11) is 0. The first-order valence-corrected chi connectivity index (χ1v) is 9.54. The molecule has 1 spiro atoms. The van der Waals surface area contributed by atoms with Crippen LogP contribution in [-0.2, 0) is 34.7 Å². The summed E-state index contributed by atoms with van der Waals surface area (Å²) < 4.78 is 11.8. The van der Waals surface area contributed by atoms with Crippen LogP contribution in [0.4, 0.5) is 0 Å². The second-order valence-electron chi connectivity index (χ2n) is 7.46. The van der Waals surface area contributed by atoms with Crippen LogP contribution in [0.15, 0.2) is 42.5 Å². The molecular weight excluding hydrogens is 344 g/mol. The standard InChI is InChI=1S/C22H26O5/c1-2-14-3-5-15(6-4-14)9-16-7-8-17-13-26-22(19(17)10-16)21(25)20(24)11-18(12-23)27-22/h3-8,10,18,20-21,23-25H,2,9,11-13H2,1H3/t18-,20-,21+,22-/m0/s1. The van der Waals surface area contributed by atoms with E-state index >= 15 is 0 Å². The molecule has 2 heterocycles. The number of aliphatic hydroxyl groups is 3. The number of hydrogen-bond acceptors (Lipinski definition) is 5. The molecule has 0 bridgehead atoms. The van der Waals surface area contributed by atoms with E-state index in [1.54, 1.807) is 0 Å². The summed E-state index contributed by atoms with van der Waals surface area (Å²) in [5.41, 5.74) is 5.28. The van der Waals surface area contributed by atoms with Crippen LogP contribution in [0.2, 0.25) is 0 Å². The minimum atomic E-state index is -1.41. The molecule has 0 amide bonds. The number of rotatable bonds is 4. The average Bonchev–Trinajstić information content (AvgIpc) is 3.05. The molecule has 2 aromatic carbocycles. The number of hydrogen-bond donors (Lipinski definition) is 3. The lowest BCUT2D eigenvalue weighted by atomic mass is 9.87. The summed E-state index contributed by atoms with van der Waals surface area (Å²) >= 11 is 0. The van der Waals surface area contributed by atoms with E-state index in [-0.39, 0.29) is 13.0 Å². The van der Waals surface area contributed by atoms with Crippen molar-refractivity contribution in [2.75, 3.05) is 6.61 Å². The summed E-state index contributed by atoms with van der Waals surface area (Å²) in [5.74, 6) is -1.41. The smallest absolute Gasteiger partial charge is 0.225 e. The van der Waals surface area contributed by atoms with E-state index in [4.69, 9.17) is 9.47 Å². The quantitative estimate of drug-likeness (QED) is 0.767. The summed E-state index contributed by atoms with van der Waals surface area (Å²) in [4.78, 5) is 0. The highest BCUT2D eigenvalue weighted by Gasteiger charge is 2.55. The maximum absolute atomic E-state index is 10.6. The molecule has 0 aliphatic carbocycles. The summed E-state index contributed by atoms with van der Waals surface area (Å²) in [6, 6.07) is 14.6. The maximum Gasteiger partial charge on any atom is 0.225 e. The van der Waals surface area contributed by atoms with Gasteiger partial charge in [-0.2, -0.15) is 0 Å². The Balaban J connectivity index is 1.65. The number of aliphatic hydroxyl groups excluding tert-OH is 3. The maximum atomic E-state index is 10.6. The summed E-state index contributed by atoms with van der Waals surface area (Å²) in [6.07, 6.45) is -0.813. The van der Waals surface area contributed by atoms with E-state index in [1.807, 2.05) is 12.1 Å². The van der Waals surface area contributed by atoms with Crippen LogP contribution in [0.25, 0.3) is 0 Å². The molecule has 27 heavy (non-hydrogen) atoms. The molecule has 4 rings (SSSR count). The Morgan fingerprint density at radius 1 is 1.04 bits per heavy atom. The van der Waals surface area contributed by atoms with Gasteiger partial charge in [-0.1, -0.05) is 43.3 Å². The van der Waals surface area contributed by atoms with Gasteiger partial charge in [-0.15, -0.1) is 0 Å². The minimum absolute atomic E-state index is 0.182. The van der Waals surface area contributed by atoms with Crippen LogP contribution >= 0.6 is 0 Å². The fourth-order valence-electron chi connectivity index (χ4n) is 4.05. The third-order valence-electron chi connectivity index (χ3n) is 5.63. The third-order valence-corrected chi connectivity index (χ3v) is 5.63. The molecular formula is C22H26O5. The SMILES string of the molecule is CCc1ccc(Cc2ccc3c(c2)[C@]2(OC3)O[C@H](CO)C[C@H](O)[C@H]2O)cc1. The lowest BCUT2D eigenvalue weighted by Crippen LogP contribution is -2.56. The van der Waals surface area contributed by atoms with Crippen molar-refractivity contribution in [2.45, 2.75) is 56.9 Å². The monoisotopic (exact) mass is 370 g/mol. The van der Waals surface area contributed by atoms with E-state index < -0.39 is 24.1 Å². The number of fused-ring (bicyclic) bond motifs is 2. The normalized spacial score (nSPS) is 29.9. The van der Waals surface area contributed by atoms with Crippen molar-refractivity contribution in [3.05, 3.63) is 70.3 Å². The van der Waals surface area contributed by atoms with Crippen molar-refractivity contribution in [1.29, 1.82) is 0 Å². The molecule has 0 unspecified atom stereocenters. The van der Waals surface area contributed by atoms with Crippen LogP contribution in [0.3, 0.4) is 0 Å². The van der Waals surface area contributed by atoms with Gasteiger partial charge in [0.15, 0.2) is 0 Å². The van der Waals surface area contributed by atoms with Gasteiger partial charge < -0.3 is 24.8 Å². The average molecular weight is 370 g/mol. The second kappa shape index (κ2) is 7.34. The zero-order valence-electron chi connectivity index (χ0n) is 15.5. The molecule has 3 N–H and O–H groups in total. The molecule has 2 aliphatic heterocycles. The van der Waals surface area contributed by atoms with Crippen LogP contribution in [0.5, 0.6) is 0 Å². The Bertz CT molecular complexity index is 803. The predicted molar refractivity (Wildman–Crippen MR) is 100 cm³/mol. The van der Waals surface area contributed by atoms with Crippen molar-refractivity contribution >= 4 is 0 Å². The first kappa shape index (κ1) is 18.6. The fourth-order valence-corrected chi connectivity index (χ4v) is 4.05. The van der Waals surface area contributed by atoms with Crippen molar-refractivity contribution in [1.82, 2.24) is 0 Å². The van der Waals surface area contributed by atoms with Crippen molar-refractivity contribution in [3.63, 3.8) is 0 Å². The van der Waals surface area contributed by atoms with E-state index in [0.717, 1.165) is 29.5 Å². The predicted octanol–water partition coefficient (Wildman–Crippen LogP) is 2.03. The van der Waals surface area contributed by atoms with Crippen molar-refractivity contribution in [3.8, 4) is 0 Å². The van der Waals surface area contributed by atoms with Gasteiger partial charge in [-0.05, 0) is 41.2 Å². The Kier molecular flexibility index (Phi) is 5.05. The highest BCUT2D eigenvalue weighted by atomic mass is 16.7. The van der Waals surface area contributed by atoms with E-state index in [0.29, 0.717) is 6.61 Å². The van der Waals surface area contributed by atoms with Crippen LogP contribution in [0.1, 0.15) is 41.2 Å². The third kappa shape index (κ3) is 3.30. The zero-order valence-corrected chi connectivity index (χ0v) is 15.5. The van der Waals surface area contributed by atoms with Gasteiger partial charge >= 0.3 is 0 Å². The number of aryl methyl sites for hydroxylation is 1. The highest BCUT2D eigenvalue weighted by molar-refractivity contribution is 5.41. The Morgan fingerprint density at radius 3 is 2.44 bits per heavy atom. The van der Waals surface area contributed by atoms with Gasteiger partial charge in [0.1, 0.15) is 6.10 Å². The second-order valence-corrected chi connectivity index (χ2v) is 7.46. The van der Waals surface area contributed by atoms with Gasteiger partial charge in [0, 0.05) is 12.0 Å². The lowest BCUT2D eigenvalue weighted by molar-refractivity contribution is -0.347. The van der Waals surface area contributed by atoms with E-state index in [2.05, 4.69) is 37.3 Å². The molecule has 4 atom stereocenters. The van der Waals surface area contributed by atoms with Gasteiger partial charge in [-0.3, -0.25) is 0 Å². The number of benzene rings is 2. The molecule has 1 saturated heterocycles. The zero-order chi connectivity index (χ0) is 19.0. The fraction of sp³-hybridized carbons (Fsp3) is 0.455. The Morgan fingerprint density at radius 2 is 1.74 bits per heavy atom. The minimum Gasteiger partial charge on any atom is -0.394 e. The van der Waals surface area contributed by atoms with Crippen LogP contribution in [0, 0.1) is 0 Å². The first-order valence-electron chi connectivity index (χ1n) is 9.54. The molecule has 2 aliphatic rings. The topological polar surface area (TPSA) is 79.2 Å². The molecule has 0 saturated carbocycles. The molecule has 144 valence electrons. The number of ether oxygens (including phenoxy) is 2. The van der Waals surface area contributed by atoms with E-state index in [9.17, 15) is 15.3 Å². The molecule has 0 aromatic heterocycles. The van der Waals surface area contributed by atoms with Gasteiger partial charge in [0.05, 0.1) is 25.4 Å². The molecule has 1 fully saturated rings. The van der Waals surface area contributed by atoms with Gasteiger partial charge in [0.2, 0.25) is 5.79 Å². The first-order chi connectivity index (χ1) is 13.1. The Labute approximate surface area is 159 Å². The molecule has 5 nitrogen and oxygen atoms in total. The highest BCUT2D eigenvalue weighted by Crippen LogP contribution is 2.46. The summed E-state index contributed by atoms with van der Waals surface area (Å²) in [6.45, 7) is 2.22. The van der Waals surface area contributed by atoms with Gasteiger partial charge in [-0.25, -0.2) is 0 Å². The van der Waals surface area contributed by atoms with Crippen LogP contribution in [-0.4, -0.2) is 40.2 Å². The van der Waals surface area contributed by atoms with E-state index in [1.165, 1.54) is 11.1 Å². The largest absolute Gasteiger partial charge is 0.394 e. The molecule has 2 aromatic rings. The Hall–Kier alpha value is -1.76. The van der Waals surface area contributed by atoms with Crippen LogP contribution < -0.4 is 0 Å². The molecule has 0 radical (unpaired) electrons. The van der Waals surface area contributed by atoms with Crippen molar-refractivity contribution < 1.29 is 24.8 Å². The molecule has 5 heteroatoms. The lowest BCUT2D eigenvalue weighted by Gasteiger charge is -2.43. The summed E-state index contributed by atoms with van der Waals surface area (Å²) in [5, 5.41) is 30.4. The van der Waals surface area contributed by atoms with Crippen molar-refractivity contribution in [2.24, 2.45) is 0 Å².